The lowest BCUT2D eigenvalue weighted by Crippen LogP contribution is -2.22. The van der Waals surface area contributed by atoms with Crippen LogP contribution in [0.2, 0.25) is 5.02 Å². The van der Waals surface area contributed by atoms with Gasteiger partial charge in [0.2, 0.25) is 0 Å². The van der Waals surface area contributed by atoms with Crippen molar-refractivity contribution in [3.05, 3.63) is 100 Å². The van der Waals surface area contributed by atoms with Crippen LogP contribution in [0.15, 0.2) is 88.8 Å². The van der Waals surface area contributed by atoms with Gasteiger partial charge in [-0.15, -0.1) is 10.2 Å². The van der Waals surface area contributed by atoms with Crippen LogP contribution in [0.1, 0.15) is 5.82 Å². The second-order valence-electron chi connectivity index (χ2n) is 7.18. The molecular weight excluding hydrogens is 442 g/mol. The number of hydrogen-bond donors (Lipinski definition) is 0. The average Bonchev–Trinajstić information content (AvgIpc) is 3.25. The lowest BCUT2D eigenvalue weighted by atomic mass is 10.2. The molecule has 2 heterocycles. The monoisotopic (exact) mass is 459 g/mol. The van der Waals surface area contributed by atoms with Crippen molar-refractivity contribution >= 4 is 34.3 Å². The molecule has 2 aromatic heterocycles. The van der Waals surface area contributed by atoms with Gasteiger partial charge >= 0.3 is 0 Å². The number of rotatable bonds is 5. The van der Waals surface area contributed by atoms with E-state index in [0.29, 0.717) is 32.7 Å². The molecule has 0 fully saturated rings. The highest BCUT2D eigenvalue weighted by molar-refractivity contribution is 7.98. The topological polar surface area (TPSA) is 65.6 Å². The quantitative estimate of drug-likeness (QED) is 0.341. The fourth-order valence-electron chi connectivity index (χ4n) is 3.48. The Morgan fingerprint density at radius 1 is 0.906 bits per heavy atom. The van der Waals surface area contributed by atoms with Crippen LogP contribution >= 0.6 is 23.4 Å². The molecule has 0 aliphatic heterocycles. The molecule has 0 aliphatic carbocycles. The highest BCUT2D eigenvalue weighted by Crippen LogP contribution is 2.30. The molecular formula is C24H18ClN5OS. The van der Waals surface area contributed by atoms with Crippen molar-refractivity contribution in [2.45, 2.75) is 10.9 Å². The number of benzene rings is 3. The van der Waals surface area contributed by atoms with Crippen LogP contribution in [0.3, 0.4) is 0 Å². The van der Waals surface area contributed by atoms with Crippen molar-refractivity contribution in [2.24, 2.45) is 7.05 Å². The first-order valence-electron chi connectivity index (χ1n) is 9.96. The Bertz CT molecular complexity index is 1460. The molecule has 0 atom stereocenters. The Balaban J connectivity index is 1.55. The minimum absolute atomic E-state index is 0.0578. The molecule has 0 N–H and O–H groups in total. The lowest BCUT2D eigenvalue weighted by Gasteiger charge is -2.12. The van der Waals surface area contributed by atoms with Crippen LogP contribution in [0, 0.1) is 0 Å². The molecule has 32 heavy (non-hydrogen) atoms. The molecule has 0 unspecified atom stereocenters. The van der Waals surface area contributed by atoms with Gasteiger partial charge in [-0.1, -0.05) is 53.7 Å². The zero-order valence-corrected chi connectivity index (χ0v) is 18.7. The van der Waals surface area contributed by atoms with Crippen molar-refractivity contribution in [1.29, 1.82) is 0 Å². The molecule has 0 saturated carbocycles. The van der Waals surface area contributed by atoms with Gasteiger partial charge in [-0.25, -0.2) is 4.98 Å². The summed E-state index contributed by atoms with van der Waals surface area (Å²) in [5, 5.41) is 10.9. The molecule has 0 amide bonds. The molecule has 0 radical (unpaired) electrons. The van der Waals surface area contributed by atoms with Crippen molar-refractivity contribution in [3.63, 3.8) is 0 Å². The van der Waals surface area contributed by atoms with Gasteiger partial charge in [0.25, 0.3) is 5.56 Å². The molecule has 0 saturated heterocycles. The van der Waals surface area contributed by atoms with Gasteiger partial charge in [0, 0.05) is 23.3 Å². The van der Waals surface area contributed by atoms with E-state index in [1.54, 1.807) is 17.7 Å². The van der Waals surface area contributed by atoms with Crippen LogP contribution in [-0.4, -0.2) is 24.3 Å². The molecule has 0 bridgehead atoms. The van der Waals surface area contributed by atoms with Crippen molar-refractivity contribution < 1.29 is 0 Å². The van der Waals surface area contributed by atoms with E-state index < -0.39 is 0 Å². The van der Waals surface area contributed by atoms with Gasteiger partial charge in [0.15, 0.2) is 11.0 Å². The first kappa shape index (κ1) is 20.5. The summed E-state index contributed by atoms with van der Waals surface area (Å²) in [5.74, 6) is 1.87. The molecule has 5 rings (SSSR count). The SMILES string of the molecule is Cn1c(CSc2nnc(-c3ccc(Cl)cc3)n2-c2ccccc2)nc2ccccc2c1=O. The van der Waals surface area contributed by atoms with E-state index >= 15 is 0 Å². The molecule has 5 aromatic rings. The number of hydrogen-bond acceptors (Lipinski definition) is 5. The summed E-state index contributed by atoms with van der Waals surface area (Å²) in [5.41, 5.74) is 2.49. The highest BCUT2D eigenvalue weighted by Gasteiger charge is 2.17. The van der Waals surface area contributed by atoms with E-state index in [4.69, 9.17) is 16.6 Å². The zero-order chi connectivity index (χ0) is 22.1. The maximum absolute atomic E-state index is 12.7. The molecule has 158 valence electrons. The average molecular weight is 460 g/mol. The van der Waals surface area contributed by atoms with E-state index in [9.17, 15) is 4.79 Å². The number of thioether (sulfide) groups is 1. The number of fused-ring (bicyclic) bond motifs is 1. The van der Waals surface area contributed by atoms with E-state index in [1.807, 2.05) is 77.4 Å². The third kappa shape index (κ3) is 3.81. The maximum Gasteiger partial charge on any atom is 0.261 e. The third-order valence-corrected chi connectivity index (χ3v) is 6.33. The van der Waals surface area contributed by atoms with E-state index in [1.165, 1.54) is 11.8 Å². The second kappa shape index (κ2) is 8.61. The Hall–Kier alpha value is -3.42. The summed E-state index contributed by atoms with van der Waals surface area (Å²) >= 11 is 7.55. The second-order valence-corrected chi connectivity index (χ2v) is 8.56. The van der Waals surface area contributed by atoms with Gasteiger partial charge in [0.05, 0.1) is 16.7 Å². The van der Waals surface area contributed by atoms with Crippen molar-refractivity contribution in [3.8, 4) is 17.1 Å². The fourth-order valence-corrected chi connectivity index (χ4v) is 4.54. The van der Waals surface area contributed by atoms with Gasteiger partial charge in [0.1, 0.15) is 5.82 Å². The smallest absolute Gasteiger partial charge is 0.261 e. The highest BCUT2D eigenvalue weighted by atomic mass is 35.5. The Labute approximate surface area is 193 Å². The lowest BCUT2D eigenvalue weighted by molar-refractivity contribution is 0.782. The van der Waals surface area contributed by atoms with Gasteiger partial charge in [-0.3, -0.25) is 13.9 Å². The first-order valence-corrected chi connectivity index (χ1v) is 11.3. The Kier molecular flexibility index (Phi) is 5.51. The normalized spacial score (nSPS) is 11.2. The largest absolute Gasteiger partial charge is 0.299 e. The first-order chi connectivity index (χ1) is 15.6. The van der Waals surface area contributed by atoms with Crippen LogP contribution < -0.4 is 5.56 Å². The van der Waals surface area contributed by atoms with Crippen molar-refractivity contribution in [1.82, 2.24) is 24.3 Å². The molecule has 0 aliphatic rings. The summed E-state index contributed by atoms with van der Waals surface area (Å²) in [6.07, 6.45) is 0. The molecule has 0 spiro atoms. The number of para-hydroxylation sites is 2. The Morgan fingerprint density at radius 3 is 2.41 bits per heavy atom. The fraction of sp³-hybridized carbons (Fsp3) is 0.0833. The van der Waals surface area contributed by atoms with Crippen LogP contribution in [0.25, 0.3) is 28.0 Å². The van der Waals surface area contributed by atoms with Crippen LogP contribution in [-0.2, 0) is 12.8 Å². The standard InChI is InChI=1S/C24H18ClN5OS/c1-29-21(26-20-10-6-5-9-19(20)23(29)31)15-32-24-28-27-22(16-11-13-17(25)14-12-16)30(24)18-7-3-2-4-8-18/h2-14H,15H2,1H3. The molecule has 6 nitrogen and oxygen atoms in total. The predicted molar refractivity (Wildman–Crippen MR) is 128 cm³/mol. The number of halogens is 1. The summed E-state index contributed by atoms with van der Waals surface area (Å²) < 4.78 is 3.60. The van der Waals surface area contributed by atoms with Crippen molar-refractivity contribution in [2.75, 3.05) is 0 Å². The third-order valence-electron chi connectivity index (χ3n) is 5.16. The minimum Gasteiger partial charge on any atom is -0.299 e. The van der Waals surface area contributed by atoms with Crippen LogP contribution in [0.4, 0.5) is 0 Å². The van der Waals surface area contributed by atoms with E-state index in [0.717, 1.165) is 17.1 Å². The number of aromatic nitrogens is 5. The summed E-state index contributed by atoms with van der Waals surface area (Å²) in [6, 6.07) is 24.9. The summed E-state index contributed by atoms with van der Waals surface area (Å²) in [7, 11) is 1.75. The van der Waals surface area contributed by atoms with Crippen LogP contribution in [0.5, 0.6) is 0 Å². The van der Waals surface area contributed by atoms with E-state index in [-0.39, 0.29) is 5.56 Å². The number of nitrogens with zero attached hydrogens (tertiary/aromatic N) is 5. The minimum atomic E-state index is -0.0578. The summed E-state index contributed by atoms with van der Waals surface area (Å²) in [6.45, 7) is 0. The zero-order valence-electron chi connectivity index (χ0n) is 17.1. The molecule has 3 aromatic carbocycles. The van der Waals surface area contributed by atoms with Gasteiger partial charge in [-0.05, 0) is 48.5 Å². The predicted octanol–water partition coefficient (Wildman–Crippen LogP) is 5.13. The molecule has 8 heteroatoms. The maximum atomic E-state index is 12.7. The summed E-state index contributed by atoms with van der Waals surface area (Å²) in [4.78, 5) is 17.4. The van der Waals surface area contributed by atoms with Gasteiger partial charge in [-0.2, -0.15) is 0 Å². The van der Waals surface area contributed by atoms with Gasteiger partial charge < -0.3 is 0 Å². The van der Waals surface area contributed by atoms with E-state index in [2.05, 4.69) is 10.2 Å². The Morgan fingerprint density at radius 2 is 1.62 bits per heavy atom.